The summed E-state index contributed by atoms with van der Waals surface area (Å²) in [6, 6.07) is 10.3. The maximum Gasteiger partial charge on any atom is -0.0187 e. The Kier molecular flexibility index (Phi) is 4.95. The van der Waals surface area contributed by atoms with Crippen molar-refractivity contribution in [3.63, 3.8) is 0 Å². The van der Waals surface area contributed by atoms with Gasteiger partial charge in [-0.15, -0.1) is 0 Å². The van der Waals surface area contributed by atoms with Crippen molar-refractivity contribution >= 4 is 5.57 Å². The number of rotatable bonds is 4. The van der Waals surface area contributed by atoms with Gasteiger partial charge in [0.25, 0.3) is 0 Å². The molecule has 0 saturated heterocycles. The van der Waals surface area contributed by atoms with Gasteiger partial charge >= 0.3 is 0 Å². The van der Waals surface area contributed by atoms with Crippen LogP contribution in [0.4, 0.5) is 0 Å². The SMILES string of the molecule is C=C(/C(C)=C\C=C(/C)C1=CCCC=C1)c1ccccc1. The van der Waals surface area contributed by atoms with Crippen LogP contribution in [0, 0.1) is 0 Å². The summed E-state index contributed by atoms with van der Waals surface area (Å²) in [5.74, 6) is 0. The summed E-state index contributed by atoms with van der Waals surface area (Å²) in [4.78, 5) is 0. The summed E-state index contributed by atoms with van der Waals surface area (Å²) in [6.07, 6.45) is 13.4. The lowest BCUT2D eigenvalue weighted by atomic mass is 9.98. The Morgan fingerprint density at radius 2 is 1.80 bits per heavy atom. The molecule has 1 aromatic rings. The zero-order valence-electron chi connectivity index (χ0n) is 12.4. The van der Waals surface area contributed by atoms with Gasteiger partial charge in [-0.25, -0.2) is 0 Å². The third-order valence-electron chi connectivity index (χ3n) is 3.63. The van der Waals surface area contributed by atoms with Gasteiger partial charge in [-0.1, -0.05) is 67.3 Å². The third kappa shape index (κ3) is 3.71. The van der Waals surface area contributed by atoms with Gasteiger partial charge < -0.3 is 0 Å². The lowest BCUT2D eigenvalue weighted by Crippen LogP contribution is -1.87. The van der Waals surface area contributed by atoms with Gasteiger partial charge in [0.05, 0.1) is 0 Å². The van der Waals surface area contributed by atoms with Crippen LogP contribution < -0.4 is 0 Å². The van der Waals surface area contributed by atoms with E-state index in [0.717, 1.165) is 18.4 Å². The fraction of sp³-hybridized carbons (Fsp3) is 0.200. The smallest absolute Gasteiger partial charge is 0.0187 e. The van der Waals surface area contributed by atoms with Crippen LogP contribution in [0.1, 0.15) is 32.3 Å². The normalized spacial score (nSPS) is 16.0. The predicted molar refractivity (Wildman–Crippen MR) is 89.4 cm³/mol. The van der Waals surface area contributed by atoms with Crippen LogP contribution in [0.2, 0.25) is 0 Å². The Bertz CT molecular complexity index is 592. The molecular formula is C20H22. The zero-order valence-corrected chi connectivity index (χ0v) is 12.4. The van der Waals surface area contributed by atoms with Crippen LogP contribution >= 0.6 is 0 Å². The van der Waals surface area contributed by atoms with E-state index in [1.54, 1.807) is 0 Å². The van der Waals surface area contributed by atoms with Crippen molar-refractivity contribution in [2.24, 2.45) is 0 Å². The number of hydrogen-bond donors (Lipinski definition) is 0. The van der Waals surface area contributed by atoms with Crippen molar-refractivity contribution in [1.82, 2.24) is 0 Å². The molecule has 0 bridgehead atoms. The van der Waals surface area contributed by atoms with Gasteiger partial charge in [0, 0.05) is 0 Å². The van der Waals surface area contributed by atoms with E-state index in [4.69, 9.17) is 0 Å². The minimum absolute atomic E-state index is 1.09. The molecule has 0 atom stereocenters. The molecule has 0 radical (unpaired) electrons. The molecule has 1 aliphatic rings. The van der Waals surface area contributed by atoms with Crippen LogP contribution in [0.5, 0.6) is 0 Å². The zero-order chi connectivity index (χ0) is 14.4. The molecule has 0 amide bonds. The minimum Gasteiger partial charge on any atom is -0.0909 e. The lowest BCUT2D eigenvalue weighted by molar-refractivity contribution is 1.02. The molecule has 0 heteroatoms. The molecule has 0 fully saturated rings. The Morgan fingerprint density at radius 3 is 2.45 bits per heavy atom. The van der Waals surface area contributed by atoms with E-state index >= 15 is 0 Å². The minimum atomic E-state index is 1.09. The highest BCUT2D eigenvalue weighted by atomic mass is 14.1. The second-order valence-electron chi connectivity index (χ2n) is 5.18. The average Bonchev–Trinajstić information content (AvgIpc) is 2.53. The Balaban J connectivity index is 2.12. The van der Waals surface area contributed by atoms with Crippen LogP contribution in [-0.4, -0.2) is 0 Å². The van der Waals surface area contributed by atoms with E-state index in [2.05, 4.69) is 62.9 Å². The molecule has 2 rings (SSSR count). The molecule has 0 heterocycles. The molecule has 20 heavy (non-hydrogen) atoms. The van der Waals surface area contributed by atoms with Crippen molar-refractivity contribution in [2.45, 2.75) is 26.7 Å². The summed E-state index contributed by atoms with van der Waals surface area (Å²) in [6.45, 7) is 8.47. The second kappa shape index (κ2) is 6.91. The quantitative estimate of drug-likeness (QED) is 0.595. The highest BCUT2D eigenvalue weighted by Gasteiger charge is 2.01. The van der Waals surface area contributed by atoms with Crippen LogP contribution in [0.25, 0.3) is 5.57 Å². The number of allylic oxidation sites excluding steroid dienone is 9. The monoisotopic (exact) mass is 262 g/mol. The first-order chi connectivity index (χ1) is 9.68. The lowest BCUT2D eigenvalue weighted by Gasteiger charge is -2.08. The number of hydrogen-bond acceptors (Lipinski definition) is 0. The molecule has 0 saturated carbocycles. The molecule has 0 unspecified atom stereocenters. The molecule has 102 valence electrons. The van der Waals surface area contributed by atoms with E-state index < -0.39 is 0 Å². The van der Waals surface area contributed by atoms with Crippen LogP contribution in [-0.2, 0) is 0 Å². The second-order valence-corrected chi connectivity index (χ2v) is 5.18. The molecule has 1 aromatic carbocycles. The highest BCUT2D eigenvalue weighted by Crippen LogP contribution is 2.22. The molecule has 0 N–H and O–H groups in total. The van der Waals surface area contributed by atoms with Crippen LogP contribution in [0.3, 0.4) is 0 Å². The van der Waals surface area contributed by atoms with E-state index in [1.165, 1.54) is 22.3 Å². The summed E-state index contributed by atoms with van der Waals surface area (Å²) in [5.41, 5.74) is 6.12. The van der Waals surface area contributed by atoms with E-state index in [0.29, 0.717) is 0 Å². The highest BCUT2D eigenvalue weighted by molar-refractivity contribution is 5.76. The van der Waals surface area contributed by atoms with E-state index in [9.17, 15) is 0 Å². The average molecular weight is 262 g/mol. The fourth-order valence-corrected chi connectivity index (χ4v) is 2.22. The summed E-state index contributed by atoms with van der Waals surface area (Å²) >= 11 is 0. The van der Waals surface area contributed by atoms with Gasteiger partial charge in [0.2, 0.25) is 0 Å². The molecule has 0 nitrogen and oxygen atoms in total. The molecule has 0 aliphatic heterocycles. The Hall–Kier alpha value is -2.08. The largest absolute Gasteiger partial charge is 0.0909 e. The van der Waals surface area contributed by atoms with Gasteiger partial charge in [0.1, 0.15) is 0 Å². The molecular weight excluding hydrogens is 240 g/mol. The van der Waals surface area contributed by atoms with Gasteiger partial charge in [0.15, 0.2) is 0 Å². The standard InChI is InChI=1S/C20H22/c1-16(18(3)20-12-8-5-9-13-20)14-15-17(2)19-10-6-4-7-11-19/h5-6,8-15H,3-4,7H2,1-2H3/b16-14-,17-15+. The molecule has 0 aromatic heterocycles. The van der Waals surface area contributed by atoms with Gasteiger partial charge in [-0.3, -0.25) is 0 Å². The van der Waals surface area contributed by atoms with Crippen LogP contribution in [0.15, 0.2) is 84.0 Å². The summed E-state index contributed by atoms with van der Waals surface area (Å²) in [5, 5.41) is 0. The topological polar surface area (TPSA) is 0 Å². The van der Waals surface area contributed by atoms with Gasteiger partial charge in [-0.05, 0) is 54.5 Å². The fourth-order valence-electron chi connectivity index (χ4n) is 2.22. The summed E-state index contributed by atoms with van der Waals surface area (Å²) in [7, 11) is 0. The molecule has 0 spiro atoms. The predicted octanol–water partition coefficient (Wildman–Crippen LogP) is 5.87. The summed E-state index contributed by atoms with van der Waals surface area (Å²) < 4.78 is 0. The first-order valence-electron chi connectivity index (χ1n) is 7.15. The molecule has 1 aliphatic carbocycles. The van der Waals surface area contributed by atoms with E-state index in [1.807, 2.05) is 18.2 Å². The van der Waals surface area contributed by atoms with Crippen molar-refractivity contribution in [3.05, 3.63) is 89.6 Å². The third-order valence-corrected chi connectivity index (χ3v) is 3.63. The maximum absolute atomic E-state index is 4.19. The maximum atomic E-state index is 4.19. The van der Waals surface area contributed by atoms with Gasteiger partial charge in [-0.2, -0.15) is 0 Å². The van der Waals surface area contributed by atoms with Crippen molar-refractivity contribution in [1.29, 1.82) is 0 Å². The first kappa shape index (κ1) is 14.3. The van der Waals surface area contributed by atoms with Crippen molar-refractivity contribution < 1.29 is 0 Å². The number of benzene rings is 1. The Morgan fingerprint density at radius 1 is 1.05 bits per heavy atom. The van der Waals surface area contributed by atoms with E-state index in [-0.39, 0.29) is 0 Å². The Labute approximate surface area is 122 Å². The van der Waals surface area contributed by atoms with Crippen molar-refractivity contribution in [2.75, 3.05) is 0 Å². The van der Waals surface area contributed by atoms with Crippen molar-refractivity contribution in [3.8, 4) is 0 Å². The first-order valence-corrected chi connectivity index (χ1v) is 7.15.